The first-order valence-corrected chi connectivity index (χ1v) is 7.25. The van der Waals surface area contributed by atoms with E-state index in [1.54, 1.807) is 34.0 Å². The highest BCUT2D eigenvalue weighted by molar-refractivity contribution is 6.07. The number of hydrogen-bond acceptors (Lipinski definition) is 3. The van der Waals surface area contributed by atoms with Crippen molar-refractivity contribution in [3.05, 3.63) is 53.9 Å². The number of aromatic nitrogens is 2. The maximum atomic E-state index is 12.1. The van der Waals surface area contributed by atoms with Crippen LogP contribution in [0.1, 0.15) is 28.8 Å². The van der Waals surface area contributed by atoms with Gasteiger partial charge in [-0.3, -0.25) is 14.3 Å². The van der Waals surface area contributed by atoms with Crippen molar-refractivity contribution in [2.24, 2.45) is 7.05 Å². The average molecular weight is 295 g/mol. The lowest BCUT2D eigenvalue weighted by Gasteiger charge is -2.15. The highest BCUT2D eigenvalue weighted by Crippen LogP contribution is 2.21. The molecule has 0 aliphatic carbocycles. The third-order valence-corrected chi connectivity index (χ3v) is 3.69. The number of allylic oxidation sites excluding steroid dienone is 1. The Bertz CT molecular complexity index is 729. The summed E-state index contributed by atoms with van der Waals surface area (Å²) in [6, 6.07) is 7.18. The second kappa shape index (κ2) is 5.97. The Balaban J connectivity index is 1.71. The van der Waals surface area contributed by atoms with Gasteiger partial charge in [-0.1, -0.05) is 0 Å². The van der Waals surface area contributed by atoms with Crippen LogP contribution in [0.15, 0.2) is 42.7 Å². The molecular weight excluding hydrogens is 278 g/mol. The molecule has 0 unspecified atom stereocenters. The molecule has 22 heavy (non-hydrogen) atoms. The van der Waals surface area contributed by atoms with Crippen LogP contribution in [0.25, 0.3) is 6.08 Å². The molecule has 1 amide bonds. The van der Waals surface area contributed by atoms with E-state index in [1.165, 1.54) is 6.08 Å². The first-order valence-electron chi connectivity index (χ1n) is 7.25. The molecule has 0 saturated carbocycles. The Hall–Kier alpha value is -2.69. The number of carbonyl (C=O) groups is 2. The molecule has 1 aliphatic heterocycles. The van der Waals surface area contributed by atoms with Gasteiger partial charge in [-0.05, 0) is 42.8 Å². The molecule has 2 heterocycles. The molecule has 0 radical (unpaired) electrons. The smallest absolute Gasteiger partial charge is 0.227 e. The summed E-state index contributed by atoms with van der Waals surface area (Å²) in [6.45, 7) is 0.757. The van der Waals surface area contributed by atoms with Gasteiger partial charge in [0.1, 0.15) is 0 Å². The highest BCUT2D eigenvalue weighted by atomic mass is 16.2. The molecule has 0 N–H and O–H groups in total. The van der Waals surface area contributed by atoms with Crippen molar-refractivity contribution in [3.63, 3.8) is 0 Å². The van der Waals surface area contributed by atoms with E-state index in [2.05, 4.69) is 5.10 Å². The van der Waals surface area contributed by atoms with Gasteiger partial charge in [0.25, 0.3) is 0 Å². The fraction of sp³-hybridized carbons (Fsp3) is 0.235. The summed E-state index contributed by atoms with van der Waals surface area (Å²) >= 11 is 0. The summed E-state index contributed by atoms with van der Waals surface area (Å²) in [4.78, 5) is 25.6. The van der Waals surface area contributed by atoms with Crippen molar-refractivity contribution in [2.45, 2.75) is 12.8 Å². The molecule has 0 spiro atoms. The second-order valence-electron chi connectivity index (χ2n) is 5.34. The average Bonchev–Trinajstić information content (AvgIpc) is 3.13. The molecule has 1 aliphatic rings. The minimum Gasteiger partial charge on any atom is -0.312 e. The Morgan fingerprint density at radius 3 is 2.64 bits per heavy atom. The second-order valence-corrected chi connectivity index (χ2v) is 5.34. The van der Waals surface area contributed by atoms with E-state index in [4.69, 9.17) is 0 Å². The predicted octanol–water partition coefficient (Wildman–Crippen LogP) is 2.44. The number of aryl methyl sites for hydroxylation is 1. The van der Waals surface area contributed by atoms with E-state index in [1.807, 2.05) is 25.4 Å². The predicted molar refractivity (Wildman–Crippen MR) is 84.6 cm³/mol. The van der Waals surface area contributed by atoms with E-state index in [0.29, 0.717) is 12.0 Å². The fourth-order valence-corrected chi connectivity index (χ4v) is 2.52. The zero-order valence-electron chi connectivity index (χ0n) is 12.4. The quantitative estimate of drug-likeness (QED) is 0.643. The van der Waals surface area contributed by atoms with E-state index in [0.717, 1.165) is 24.2 Å². The summed E-state index contributed by atoms with van der Waals surface area (Å²) in [5, 5.41) is 4.05. The van der Waals surface area contributed by atoms with E-state index < -0.39 is 0 Å². The number of hydrogen-bond donors (Lipinski definition) is 0. The summed E-state index contributed by atoms with van der Waals surface area (Å²) < 4.78 is 1.69. The van der Waals surface area contributed by atoms with Crippen molar-refractivity contribution in [3.8, 4) is 0 Å². The Labute approximate surface area is 128 Å². The molecule has 1 aromatic carbocycles. The largest absolute Gasteiger partial charge is 0.312 e. The van der Waals surface area contributed by atoms with Crippen molar-refractivity contribution in [1.29, 1.82) is 0 Å². The van der Waals surface area contributed by atoms with Gasteiger partial charge >= 0.3 is 0 Å². The minimum atomic E-state index is -0.0665. The van der Waals surface area contributed by atoms with Gasteiger partial charge in [0.15, 0.2) is 5.78 Å². The molecule has 5 heteroatoms. The maximum Gasteiger partial charge on any atom is 0.227 e. The third kappa shape index (κ3) is 2.98. The maximum absolute atomic E-state index is 12.1. The monoisotopic (exact) mass is 295 g/mol. The van der Waals surface area contributed by atoms with E-state index >= 15 is 0 Å². The molecule has 0 bridgehead atoms. The molecule has 0 atom stereocenters. The van der Waals surface area contributed by atoms with Crippen LogP contribution in [0, 0.1) is 0 Å². The summed E-state index contributed by atoms with van der Waals surface area (Å²) in [5.41, 5.74) is 2.35. The fourth-order valence-electron chi connectivity index (χ4n) is 2.52. The molecule has 1 saturated heterocycles. The molecule has 2 aromatic rings. The van der Waals surface area contributed by atoms with Gasteiger partial charge in [0.05, 0.1) is 6.20 Å². The molecule has 1 aromatic heterocycles. The van der Waals surface area contributed by atoms with Gasteiger partial charge in [-0.2, -0.15) is 5.10 Å². The van der Waals surface area contributed by atoms with Gasteiger partial charge in [0.2, 0.25) is 5.91 Å². The lowest BCUT2D eigenvalue weighted by molar-refractivity contribution is -0.117. The number of rotatable bonds is 4. The normalized spacial score (nSPS) is 15.0. The highest BCUT2D eigenvalue weighted by Gasteiger charge is 2.21. The first kappa shape index (κ1) is 14.3. The number of ketones is 1. The number of nitrogens with zero attached hydrogens (tertiary/aromatic N) is 3. The van der Waals surface area contributed by atoms with Crippen molar-refractivity contribution in [1.82, 2.24) is 9.78 Å². The lowest BCUT2D eigenvalue weighted by atomic mass is 10.1. The molecule has 5 nitrogen and oxygen atoms in total. The lowest BCUT2D eigenvalue weighted by Crippen LogP contribution is -2.23. The van der Waals surface area contributed by atoms with Crippen LogP contribution in [-0.2, 0) is 11.8 Å². The van der Waals surface area contributed by atoms with Gasteiger partial charge in [-0.15, -0.1) is 0 Å². The summed E-state index contributed by atoms with van der Waals surface area (Å²) in [7, 11) is 1.83. The molecule has 1 fully saturated rings. The van der Waals surface area contributed by atoms with E-state index in [9.17, 15) is 9.59 Å². The van der Waals surface area contributed by atoms with Crippen LogP contribution in [0.3, 0.4) is 0 Å². The van der Waals surface area contributed by atoms with E-state index in [-0.39, 0.29) is 11.7 Å². The number of amides is 1. The van der Waals surface area contributed by atoms with Crippen molar-refractivity contribution in [2.75, 3.05) is 11.4 Å². The molecule has 3 rings (SSSR count). The van der Waals surface area contributed by atoms with Gasteiger partial charge in [0, 0.05) is 43.0 Å². The zero-order chi connectivity index (χ0) is 15.5. The minimum absolute atomic E-state index is 0.0665. The molecular formula is C17H17N3O2. The van der Waals surface area contributed by atoms with Crippen LogP contribution in [0.5, 0.6) is 0 Å². The molecule has 112 valence electrons. The third-order valence-electron chi connectivity index (χ3n) is 3.69. The van der Waals surface area contributed by atoms with Crippen molar-refractivity contribution < 1.29 is 9.59 Å². The number of benzene rings is 1. The van der Waals surface area contributed by atoms with Crippen LogP contribution < -0.4 is 4.90 Å². The van der Waals surface area contributed by atoms with Crippen LogP contribution in [0.4, 0.5) is 5.69 Å². The number of carbonyl (C=O) groups excluding carboxylic acids is 2. The van der Waals surface area contributed by atoms with Crippen molar-refractivity contribution >= 4 is 23.5 Å². The Morgan fingerprint density at radius 2 is 2.05 bits per heavy atom. The summed E-state index contributed by atoms with van der Waals surface area (Å²) in [6.07, 6.45) is 8.32. The standard InChI is InChI=1S/C17H17N3O2/c1-19-12-13(11-18-19)4-9-16(21)14-5-7-15(8-6-14)20-10-2-3-17(20)22/h4-9,11-12H,2-3,10H2,1H3. The van der Waals surface area contributed by atoms with Crippen LogP contribution in [-0.4, -0.2) is 28.0 Å². The Morgan fingerprint density at radius 1 is 1.27 bits per heavy atom. The van der Waals surface area contributed by atoms with Gasteiger partial charge < -0.3 is 4.90 Å². The zero-order valence-corrected chi connectivity index (χ0v) is 12.4. The van der Waals surface area contributed by atoms with Crippen LogP contribution in [0.2, 0.25) is 0 Å². The number of anilines is 1. The summed E-state index contributed by atoms with van der Waals surface area (Å²) in [5.74, 6) is 0.0821. The SMILES string of the molecule is Cn1cc(C=CC(=O)c2ccc(N3CCCC3=O)cc2)cn1. The van der Waals surface area contributed by atoms with Gasteiger partial charge in [-0.25, -0.2) is 0 Å². The van der Waals surface area contributed by atoms with Crippen LogP contribution >= 0.6 is 0 Å². The first-order chi connectivity index (χ1) is 10.6. The topological polar surface area (TPSA) is 55.2 Å². The Kier molecular flexibility index (Phi) is 3.87.